The minimum absolute atomic E-state index is 0.0365. The van der Waals surface area contributed by atoms with Gasteiger partial charge in [0.25, 0.3) is 5.91 Å². The van der Waals surface area contributed by atoms with Crippen LogP contribution in [0.1, 0.15) is 15.9 Å². The molecule has 0 bridgehead atoms. The van der Waals surface area contributed by atoms with E-state index < -0.39 is 24.3 Å². The van der Waals surface area contributed by atoms with Gasteiger partial charge >= 0.3 is 5.97 Å². The minimum Gasteiger partial charge on any atom is -0.472 e. The lowest BCUT2D eigenvalue weighted by Crippen LogP contribution is -2.28. The van der Waals surface area contributed by atoms with Crippen LogP contribution in [0.5, 0.6) is 0 Å². The van der Waals surface area contributed by atoms with Gasteiger partial charge in [-0.1, -0.05) is 18.2 Å². The molecule has 0 saturated carbocycles. The lowest BCUT2D eigenvalue weighted by Gasteiger charge is -2.06. The Hall–Kier alpha value is -2.63. The minimum atomic E-state index is -0.653. The quantitative estimate of drug-likeness (QED) is 0.847. The third kappa shape index (κ3) is 3.68. The van der Waals surface area contributed by atoms with Crippen molar-refractivity contribution in [2.45, 2.75) is 6.54 Å². The number of carbonyl (C=O) groups excluding carboxylic acids is 2. The molecule has 6 heteroatoms. The number of amides is 1. The van der Waals surface area contributed by atoms with Crippen LogP contribution in [0.3, 0.4) is 0 Å². The van der Waals surface area contributed by atoms with Crippen LogP contribution in [0.15, 0.2) is 47.3 Å². The molecule has 0 aliphatic rings. The van der Waals surface area contributed by atoms with E-state index in [9.17, 15) is 14.0 Å². The van der Waals surface area contributed by atoms with E-state index in [4.69, 9.17) is 9.15 Å². The number of benzene rings is 1. The number of ether oxygens (including phenoxy) is 1. The van der Waals surface area contributed by atoms with E-state index in [2.05, 4.69) is 5.32 Å². The molecule has 1 amide bonds. The zero-order valence-electron chi connectivity index (χ0n) is 10.5. The first-order valence-corrected chi connectivity index (χ1v) is 5.86. The summed E-state index contributed by atoms with van der Waals surface area (Å²) in [7, 11) is 0. The molecule has 0 unspecified atom stereocenters. The van der Waals surface area contributed by atoms with E-state index in [1.54, 1.807) is 18.2 Å². The molecule has 5 nitrogen and oxygen atoms in total. The number of hydrogen-bond acceptors (Lipinski definition) is 4. The third-order valence-electron chi connectivity index (χ3n) is 2.53. The monoisotopic (exact) mass is 277 g/mol. The average Bonchev–Trinajstić information content (AvgIpc) is 2.98. The molecule has 0 aliphatic heterocycles. The van der Waals surface area contributed by atoms with Crippen LogP contribution in [0.25, 0.3) is 0 Å². The number of carbonyl (C=O) groups is 2. The molecule has 0 saturated heterocycles. The molecular formula is C14H12FNO4. The fourth-order valence-electron chi connectivity index (χ4n) is 1.48. The Kier molecular flexibility index (Phi) is 4.49. The summed E-state index contributed by atoms with van der Waals surface area (Å²) in [4.78, 5) is 22.9. The highest BCUT2D eigenvalue weighted by atomic mass is 19.1. The van der Waals surface area contributed by atoms with Crippen LogP contribution in [0.4, 0.5) is 4.39 Å². The molecule has 1 heterocycles. The molecule has 2 aromatic rings. The van der Waals surface area contributed by atoms with Crippen molar-refractivity contribution in [3.05, 3.63) is 59.8 Å². The van der Waals surface area contributed by atoms with E-state index in [0.29, 0.717) is 5.56 Å². The summed E-state index contributed by atoms with van der Waals surface area (Å²) in [5.74, 6) is -1.56. The lowest BCUT2D eigenvalue weighted by atomic mass is 10.2. The van der Waals surface area contributed by atoms with Crippen LogP contribution in [-0.2, 0) is 16.1 Å². The summed E-state index contributed by atoms with van der Waals surface area (Å²) >= 11 is 0. The van der Waals surface area contributed by atoms with Crippen molar-refractivity contribution in [1.29, 1.82) is 0 Å². The van der Waals surface area contributed by atoms with Crippen LogP contribution < -0.4 is 5.32 Å². The van der Waals surface area contributed by atoms with Crippen LogP contribution >= 0.6 is 0 Å². The van der Waals surface area contributed by atoms with Gasteiger partial charge in [0.1, 0.15) is 12.1 Å². The van der Waals surface area contributed by atoms with Gasteiger partial charge in [-0.3, -0.25) is 4.79 Å². The van der Waals surface area contributed by atoms with Crippen LogP contribution in [0.2, 0.25) is 0 Å². The van der Waals surface area contributed by atoms with Crippen molar-refractivity contribution < 1.29 is 23.1 Å². The van der Waals surface area contributed by atoms with Gasteiger partial charge in [-0.25, -0.2) is 9.18 Å². The molecule has 1 aromatic carbocycles. The fourth-order valence-corrected chi connectivity index (χ4v) is 1.48. The molecule has 0 aliphatic carbocycles. The highest BCUT2D eigenvalue weighted by Gasteiger charge is 2.11. The number of nitrogens with one attached hydrogen (secondary N) is 1. The smallest absolute Gasteiger partial charge is 0.341 e. The first-order chi connectivity index (χ1) is 9.66. The molecule has 0 radical (unpaired) electrons. The largest absolute Gasteiger partial charge is 0.472 e. The van der Waals surface area contributed by atoms with E-state index >= 15 is 0 Å². The van der Waals surface area contributed by atoms with Gasteiger partial charge in [-0.15, -0.1) is 0 Å². The molecule has 20 heavy (non-hydrogen) atoms. The van der Waals surface area contributed by atoms with Gasteiger partial charge in [0.2, 0.25) is 0 Å². The normalized spacial score (nSPS) is 10.1. The highest BCUT2D eigenvalue weighted by Crippen LogP contribution is 2.05. The molecule has 0 atom stereocenters. The van der Waals surface area contributed by atoms with Gasteiger partial charge in [-0.2, -0.15) is 0 Å². The number of hydrogen-bond donors (Lipinski definition) is 1. The molecule has 104 valence electrons. The Labute approximate surface area is 114 Å². The predicted molar refractivity (Wildman–Crippen MR) is 67.2 cm³/mol. The van der Waals surface area contributed by atoms with Crippen molar-refractivity contribution in [2.75, 3.05) is 6.61 Å². The Morgan fingerprint density at radius 2 is 2.05 bits per heavy atom. The summed E-state index contributed by atoms with van der Waals surface area (Å²) in [5.41, 5.74) is 0.592. The van der Waals surface area contributed by atoms with Crippen molar-refractivity contribution >= 4 is 11.9 Å². The number of esters is 1. The zero-order chi connectivity index (χ0) is 14.4. The number of halogens is 1. The van der Waals surface area contributed by atoms with Gasteiger partial charge in [0.15, 0.2) is 6.61 Å². The third-order valence-corrected chi connectivity index (χ3v) is 2.53. The fraction of sp³-hybridized carbons (Fsp3) is 0.143. The maximum Gasteiger partial charge on any atom is 0.341 e. The standard InChI is InChI=1S/C14H12FNO4/c15-12-4-2-1-3-10(12)7-16-13(17)9-20-14(18)11-5-6-19-8-11/h1-6,8H,7,9H2,(H,16,17). The second kappa shape index (κ2) is 6.51. The highest BCUT2D eigenvalue weighted by molar-refractivity contribution is 5.90. The van der Waals surface area contributed by atoms with E-state index in [1.807, 2.05) is 0 Å². The second-order valence-corrected chi connectivity index (χ2v) is 3.96. The molecular weight excluding hydrogens is 265 g/mol. The Morgan fingerprint density at radius 1 is 1.25 bits per heavy atom. The van der Waals surface area contributed by atoms with Gasteiger partial charge in [0.05, 0.1) is 11.8 Å². The molecule has 0 fully saturated rings. The topological polar surface area (TPSA) is 68.5 Å². The van der Waals surface area contributed by atoms with Crippen LogP contribution in [0, 0.1) is 5.82 Å². The van der Waals surface area contributed by atoms with Crippen molar-refractivity contribution in [3.8, 4) is 0 Å². The van der Waals surface area contributed by atoms with Crippen molar-refractivity contribution in [3.63, 3.8) is 0 Å². The number of furan rings is 1. The maximum atomic E-state index is 13.3. The SMILES string of the molecule is O=C(COC(=O)c1ccoc1)NCc1ccccc1F. The predicted octanol–water partition coefficient (Wildman–Crippen LogP) is 1.89. The Bertz CT molecular complexity index is 595. The van der Waals surface area contributed by atoms with E-state index in [1.165, 1.54) is 24.7 Å². The second-order valence-electron chi connectivity index (χ2n) is 3.96. The Morgan fingerprint density at radius 3 is 2.75 bits per heavy atom. The summed E-state index contributed by atoms with van der Waals surface area (Å²) in [6.45, 7) is -0.396. The van der Waals surface area contributed by atoms with E-state index in [-0.39, 0.29) is 12.1 Å². The van der Waals surface area contributed by atoms with Gasteiger partial charge in [0, 0.05) is 12.1 Å². The zero-order valence-corrected chi connectivity index (χ0v) is 10.5. The van der Waals surface area contributed by atoms with Gasteiger partial charge in [-0.05, 0) is 12.1 Å². The average molecular weight is 277 g/mol. The first kappa shape index (κ1) is 13.8. The summed E-state index contributed by atoms with van der Waals surface area (Å²) in [6, 6.07) is 7.53. The summed E-state index contributed by atoms with van der Waals surface area (Å²) < 4.78 is 22.8. The van der Waals surface area contributed by atoms with E-state index in [0.717, 1.165) is 0 Å². The summed E-state index contributed by atoms with van der Waals surface area (Å²) in [6.07, 6.45) is 2.55. The van der Waals surface area contributed by atoms with Crippen molar-refractivity contribution in [1.82, 2.24) is 5.32 Å². The Balaban J connectivity index is 1.76. The maximum absolute atomic E-state index is 13.3. The van der Waals surface area contributed by atoms with Gasteiger partial charge < -0.3 is 14.5 Å². The number of rotatable bonds is 5. The molecule has 2 rings (SSSR count). The molecule has 1 aromatic heterocycles. The lowest BCUT2D eigenvalue weighted by molar-refractivity contribution is -0.124. The van der Waals surface area contributed by atoms with Crippen LogP contribution in [-0.4, -0.2) is 18.5 Å². The first-order valence-electron chi connectivity index (χ1n) is 5.86. The molecule has 1 N–H and O–H groups in total. The van der Waals surface area contributed by atoms with Crippen molar-refractivity contribution in [2.24, 2.45) is 0 Å². The summed E-state index contributed by atoms with van der Waals surface area (Å²) in [5, 5.41) is 2.46. The molecule has 0 spiro atoms.